The Hall–Kier alpha value is -0.850. The molecule has 0 atom stereocenters. The Morgan fingerprint density at radius 3 is 2.44 bits per heavy atom. The fraction of sp³-hybridized carbons (Fsp3) is 0.200. The second-order valence-electron chi connectivity index (χ2n) is 3.34. The number of rotatable bonds is 5. The van der Waals surface area contributed by atoms with E-state index in [1.54, 1.807) is 24.3 Å². The molecule has 0 spiro atoms. The van der Waals surface area contributed by atoms with Crippen molar-refractivity contribution in [1.29, 1.82) is 0 Å². The van der Waals surface area contributed by atoms with Crippen molar-refractivity contribution < 1.29 is 8.42 Å². The van der Waals surface area contributed by atoms with Gasteiger partial charge in [-0.1, -0.05) is 34.6 Å². The van der Waals surface area contributed by atoms with Gasteiger partial charge >= 0.3 is 0 Å². The number of hydrogen-bond donors (Lipinski definition) is 2. The van der Waals surface area contributed by atoms with Gasteiger partial charge in [-0.2, -0.15) is 0 Å². The summed E-state index contributed by atoms with van der Waals surface area (Å²) < 4.78 is 26.2. The van der Waals surface area contributed by atoms with Crippen molar-refractivity contribution in [3.8, 4) is 0 Å². The first-order valence-corrected chi connectivity index (χ1v) is 6.98. The van der Waals surface area contributed by atoms with E-state index in [0.29, 0.717) is 15.7 Å². The minimum absolute atomic E-state index is 0.0619. The second kappa shape index (κ2) is 5.47. The summed E-state index contributed by atoms with van der Waals surface area (Å²) in [6, 6.07) is 6.73. The summed E-state index contributed by atoms with van der Waals surface area (Å²) in [6.45, 7) is 3.74. The second-order valence-corrected chi connectivity index (χ2v) is 6.27. The molecule has 0 radical (unpaired) electrons. The van der Waals surface area contributed by atoms with Crippen LogP contribution in [0.1, 0.15) is 5.56 Å². The minimum Gasteiger partial charge on any atom is -0.399 e. The third-order valence-corrected chi connectivity index (χ3v) is 3.40. The summed E-state index contributed by atoms with van der Waals surface area (Å²) in [5.41, 5.74) is 6.82. The highest BCUT2D eigenvalue weighted by Gasteiger charge is 2.10. The molecule has 0 saturated heterocycles. The molecule has 88 valence electrons. The van der Waals surface area contributed by atoms with E-state index in [-0.39, 0.29) is 12.3 Å². The van der Waals surface area contributed by atoms with Gasteiger partial charge in [-0.15, -0.1) is 0 Å². The maximum Gasteiger partial charge on any atom is 0.216 e. The van der Waals surface area contributed by atoms with E-state index in [4.69, 9.17) is 5.73 Å². The lowest BCUT2D eigenvalue weighted by atomic mass is 10.2. The van der Waals surface area contributed by atoms with Gasteiger partial charge in [0.25, 0.3) is 0 Å². The third-order valence-electron chi connectivity index (χ3n) is 1.82. The molecule has 0 bridgehead atoms. The van der Waals surface area contributed by atoms with E-state index in [2.05, 4.69) is 27.2 Å². The average molecular weight is 305 g/mol. The highest BCUT2D eigenvalue weighted by Crippen LogP contribution is 2.09. The Bertz CT molecular complexity index is 468. The molecule has 4 nitrogen and oxygen atoms in total. The highest BCUT2D eigenvalue weighted by molar-refractivity contribution is 9.11. The van der Waals surface area contributed by atoms with E-state index in [9.17, 15) is 8.42 Å². The van der Waals surface area contributed by atoms with E-state index >= 15 is 0 Å². The van der Waals surface area contributed by atoms with Gasteiger partial charge in [0.2, 0.25) is 10.0 Å². The number of sulfonamides is 1. The molecular formula is C10H13BrN2O2S. The minimum atomic E-state index is -3.32. The molecule has 0 aliphatic heterocycles. The van der Waals surface area contributed by atoms with Crippen LogP contribution in [0.2, 0.25) is 0 Å². The Morgan fingerprint density at radius 2 is 1.94 bits per heavy atom. The lowest BCUT2D eigenvalue weighted by Gasteiger charge is -2.06. The van der Waals surface area contributed by atoms with Crippen molar-refractivity contribution in [3.05, 3.63) is 40.9 Å². The molecule has 16 heavy (non-hydrogen) atoms. The Morgan fingerprint density at radius 1 is 1.38 bits per heavy atom. The largest absolute Gasteiger partial charge is 0.399 e. The average Bonchev–Trinajstić information content (AvgIpc) is 2.19. The fourth-order valence-corrected chi connectivity index (χ4v) is 2.53. The van der Waals surface area contributed by atoms with Gasteiger partial charge in [-0.3, -0.25) is 0 Å². The highest BCUT2D eigenvalue weighted by atomic mass is 79.9. The molecular weight excluding hydrogens is 292 g/mol. The van der Waals surface area contributed by atoms with Crippen LogP contribution in [0.15, 0.2) is 35.3 Å². The molecule has 0 unspecified atom stereocenters. The fourth-order valence-electron chi connectivity index (χ4n) is 1.07. The van der Waals surface area contributed by atoms with Crippen molar-refractivity contribution in [3.63, 3.8) is 0 Å². The lowest BCUT2D eigenvalue weighted by molar-refractivity contribution is 0.584. The molecule has 0 amide bonds. The Kier molecular flexibility index (Phi) is 4.52. The molecule has 3 N–H and O–H groups in total. The van der Waals surface area contributed by atoms with Crippen LogP contribution in [-0.2, 0) is 15.8 Å². The van der Waals surface area contributed by atoms with Crippen LogP contribution in [0.3, 0.4) is 0 Å². The number of hydrogen-bond acceptors (Lipinski definition) is 3. The molecule has 0 aliphatic carbocycles. The lowest BCUT2D eigenvalue weighted by Crippen LogP contribution is -2.26. The molecule has 0 aromatic heterocycles. The number of anilines is 1. The maximum atomic E-state index is 11.6. The molecule has 0 saturated carbocycles. The molecule has 1 rings (SSSR count). The van der Waals surface area contributed by atoms with Crippen molar-refractivity contribution >= 4 is 31.6 Å². The smallest absolute Gasteiger partial charge is 0.216 e. The van der Waals surface area contributed by atoms with Gasteiger partial charge in [0.15, 0.2) is 0 Å². The Labute approximate surface area is 104 Å². The van der Waals surface area contributed by atoms with E-state index < -0.39 is 10.0 Å². The van der Waals surface area contributed by atoms with Crippen LogP contribution < -0.4 is 10.5 Å². The predicted octanol–water partition coefficient (Wildman–Crippen LogP) is 1.60. The first kappa shape index (κ1) is 13.2. The molecule has 0 aliphatic rings. The molecule has 6 heteroatoms. The topological polar surface area (TPSA) is 72.2 Å². The van der Waals surface area contributed by atoms with Crippen LogP contribution in [0.5, 0.6) is 0 Å². The number of nitrogens with two attached hydrogens (primary N) is 1. The molecule has 1 aromatic carbocycles. The summed E-state index contributed by atoms with van der Waals surface area (Å²) >= 11 is 3.08. The van der Waals surface area contributed by atoms with Crippen LogP contribution in [-0.4, -0.2) is 15.0 Å². The normalized spacial score (nSPS) is 11.3. The van der Waals surface area contributed by atoms with Gasteiger partial charge in [0.1, 0.15) is 0 Å². The molecule has 0 heterocycles. The summed E-state index contributed by atoms with van der Waals surface area (Å²) in [4.78, 5) is 0. The number of nitrogen functional groups attached to an aromatic ring is 1. The molecule has 1 aromatic rings. The van der Waals surface area contributed by atoms with Gasteiger partial charge in [0.05, 0.1) is 5.75 Å². The summed E-state index contributed by atoms with van der Waals surface area (Å²) in [5.74, 6) is -0.0619. The van der Waals surface area contributed by atoms with Crippen LogP contribution in [0.4, 0.5) is 5.69 Å². The third kappa shape index (κ3) is 4.78. The van der Waals surface area contributed by atoms with Crippen molar-refractivity contribution in [1.82, 2.24) is 4.72 Å². The number of halogens is 1. The number of benzene rings is 1. The van der Waals surface area contributed by atoms with Crippen molar-refractivity contribution in [2.75, 3.05) is 12.3 Å². The SMILES string of the molecule is C=C(Br)CNS(=O)(=O)Cc1ccc(N)cc1. The van der Waals surface area contributed by atoms with E-state index in [0.717, 1.165) is 0 Å². The predicted molar refractivity (Wildman–Crippen MR) is 69.5 cm³/mol. The first-order valence-electron chi connectivity index (χ1n) is 4.54. The monoisotopic (exact) mass is 304 g/mol. The summed E-state index contributed by atoms with van der Waals surface area (Å²) in [7, 11) is -3.32. The van der Waals surface area contributed by atoms with Gasteiger partial charge in [-0.05, 0) is 17.7 Å². The Balaban J connectivity index is 2.65. The number of nitrogens with one attached hydrogen (secondary N) is 1. The van der Waals surface area contributed by atoms with Crippen LogP contribution in [0.25, 0.3) is 0 Å². The summed E-state index contributed by atoms with van der Waals surface area (Å²) in [5, 5.41) is 0. The zero-order valence-corrected chi connectivity index (χ0v) is 11.0. The van der Waals surface area contributed by atoms with Gasteiger partial charge in [-0.25, -0.2) is 13.1 Å². The van der Waals surface area contributed by atoms with E-state index in [1.807, 2.05) is 0 Å². The standard InChI is InChI=1S/C10H13BrN2O2S/c1-8(11)6-13-16(14,15)7-9-2-4-10(12)5-3-9/h2-5,13H,1,6-7,12H2. The van der Waals surface area contributed by atoms with Crippen LogP contribution >= 0.6 is 15.9 Å². The summed E-state index contributed by atoms with van der Waals surface area (Å²) in [6.07, 6.45) is 0. The molecule has 0 fully saturated rings. The van der Waals surface area contributed by atoms with E-state index in [1.165, 1.54) is 0 Å². The van der Waals surface area contributed by atoms with Crippen LogP contribution in [0, 0.1) is 0 Å². The van der Waals surface area contributed by atoms with Crippen molar-refractivity contribution in [2.24, 2.45) is 0 Å². The zero-order valence-electron chi connectivity index (χ0n) is 8.61. The van der Waals surface area contributed by atoms with Crippen molar-refractivity contribution in [2.45, 2.75) is 5.75 Å². The zero-order chi connectivity index (χ0) is 12.2. The van der Waals surface area contributed by atoms with Gasteiger partial charge in [0, 0.05) is 16.7 Å². The first-order chi connectivity index (χ1) is 7.39. The maximum absolute atomic E-state index is 11.6. The van der Waals surface area contributed by atoms with Gasteiger partial charge < -0.3 is 5.73 Å². The quantitative estimate of drug-likeness (QED) is 0.812.